The van der Waals surface area contributed by atoms with E-state index < -0.39 is 8.07 Å². The molecule has 0 saturated heterocycles. The Morgan fingerprint density at radius 2 is 1.88 bits per heavy atom. The Morgan fingerprint density at radius 3 is 2.38 bits per heavy atom. The van der Waals surface area contributed by atoms with Gasteiger partial charge < -0.3 is 0 Å². The van der Waals surface area contributed by atoms with Gasteiger partial charge in [-0.15, -0.1) is 0 Å². The molecule has 0 unspecified atom stereocenters. The zero-order valence-electron chi connectivity index (χ0n) is 11.1. The van der Waals surface area contributed by atoms with E-state index >= 15 is 0 Å². The summed E-state index contributed by atoms with van der Waals surface area (Å²) < 4.78 is 0. The Morgan fingerprint density at radius 1 is 1.25 bits per heavy atom. The van der Waals surface area contributed by atoms with Crippen molar-refractivity contribution >= 4 is 13.9 Å². The molecule has 1 nitrogen and oxygen atoms in total. The van der Waals surface area contributed by atoms with Crippen LogP contribution in [0.25, 0.3) is 0 Å². The number of ketones is 1. The third-order valence-corrected chi connectivity index (χ3v) is 9.48. The van der Waals surface area contributed by atoms with E-state index in [-0.39, 0.29) is 0 Å². The van der Waals surface area contributed by atoms with Gasteiger partial charge in [-0.25, -0.2) is 0 Å². The molecule has 0 heterocycles. The number of rotatable bonds is 5. The molecule has 0 aromatic carbocycles. The molecule has 1 saturated carbocycles. The van der Waals surface area contributed by atoms with Crippen LogP contribution < -0.4 is 0 Å². The van der Waals surface area contributed by atoms with Gasteiger partial charge in [0.15, 0.2) is 0 Å². The summed E-state index contributed by atoms with van der Waals surface area (Å²) in [6, 6.07) is 4.03. The van der Waals surface area contributed by atoms with Crippen molar-refractivity contribution in [1.29, 1.82) is 0 Å². The number of Topliss-reactive ketones (excluding diaryl/α,β-unsaturated/α-hetero) is 1. The zero-order chi connectivity index (χ0) is 12.0. The first-order valence-electron chi connectivity index (χ1n) is 6.87. The maximum absolute atomic E-state index is 11.4. The van der Waals surface area contributed by atoms with Crippen molar-refractivity contribution in [2.24, 2.45) is 5.92 Å². The van der Waals surface area contributed by atoms with Gasteiger partial charge >= 0.3 is 0 Å². The van der Waals surface area contributed by atoms with E-state index in [4.69, 9.17) is 0 Å². The van der Waals surface area contributed by atoms with Gasteiger partial charge in [0.1, 0.15) is 5.78 Å². The third-order valence-electron chi connectivity index (χ3n) is 4.35. The molecule has 0 spiro atoms. The van der Waals surface area contributed by atoms with E-state index in [1.165, 1.54) is 24.6 Å². The molecule has 1 rings (SSSR count). The van der Waals surface area contributed by atoms with Gasteiger partial charge in [-0.1, -0.05) is 50.7 Å². The lowest BCUT2D eigenvalue weighted by atomic mass is 9.89. The van der Waals surface area contributed by atoms with Crippen molar-refractivity contribution in [3.05, 3.63) is 11.8 Å². The fourth-order valence-corrected chi connectivity index (χ4v) is 5.55. The fourth-order valence-electron chi connectivity index (χ4n) is 2.67. The van der Waals surface area contributed by atoms with Crippen LogP contribution in [0.3, 0.4) is 0 Å². The van der Waals surface area contributed by atoms with Crippen LogP contribution in [-0.4, -0.2) is 13.9 Å². The lowest BCUT2D eigenvalue weighted by Gasteiger charge is -2.25. The predicted octanol–water partition coefficient (Wildman–Crippen LogP) is 4.35. The molecule has 1 fully saturated rings. The highest BCUT2D eigenvalue weighted by Gasteiger charge is 2.24. The SMILES string of the molecule is CC[Si](/C=C/[C@@H]1CCCC(=O)C1)(CC)CC. The van der Waals surface area contributed by atoms with E-state index in [0.717, 1.165) is 19.3 Å². The zero-order valence-corrected chi connectivity index (χ0v) is 12.1. The van der Waals surface area contributed by atoms with Crippen molar-refractivity contribution in [3.8, 4) is 0 Å². The summed E-state index contributed by atoms with van der Waals surface area (Å²) >= 11 is 0. The average Bonchev–Trinajstić information content (AvgIpc) is 2.32. The monoisotopic (exact) mass is 238 g/mol. The van der Waals surface area contributed by atoms with E-state index in [1.54, 1.807) is 0 Å². The Hall–Kier alpha value is -0.373. The molecular weight excluding hydrogens is 212 g/mol. The van der Waals surface area contributed by atoms with Crippen molar-refractivity contribution in [3.63, 3.8) is 0 Å². The first-order chi connectivity index (χ1) is 7.65. The summed E-state index contributed by atoms with van der Waals surface area (Å²) in [5.41, 5.74) is 2.54. The summed E-state index contributed by atoms with van der Waals surface area (Å²) in [4.78, 5) is 11.4. The molecule has 92 valence electrons. The molecule has 2 heteroatoms. The molecule has 0 aliphatic heterocycles. The highest BCUT2D eigenvalue weighted by atomic mass is 28.3. The summed E-state index contributed by atoms with van der Waals surface area (Å²) in [7, 11) is -1.12. The molecule has 1 aliphatic carbocycles. The molecule has 0 N–H and O–H groups in total. The molecule has 0 bridgehead atoms. The average molecular weight is 238 g/mol. The number of hydrogen-bond donors (Lipinski definition) is 0. The highest BCUT2D eigenvalue weighted by Crippen LogP contribution is 2.26. The van der Waals surface area contributed by atoms with Gasteiger partial charge in [0.25, 0.3) is 0 Å². The number of hydrogen-bond acceptors (Lipinski definition) is 1. The largest absolute Gasteiger partial charge is 0.300 e. The molecule has 0 aromatic heterocycles. The van der Waals surface area contributed by atoms with Crippen LogP contribution in [0, 0.1) is 5.92 Å². The van der Waals surface area contributed by atoms with E-state index in [2.05, 4.69) is 32.5 Å². The van der Waals surface area contributed by atoms with Crippen molar-refractivity contribution in [2.45, 2.75) is 64.6 Å². The predicted molar refractivity (Wildman–Crippen MR) is 73.3 cm³/mol. The van der Waals surface area contributed by atoms with Gasteiger partial charge in [0.05, 0.1) is 8.07 Å². The first-order valence-corrected chi connectivity index (χ1v) is 9.56. The highest BCUT2D eigenvalue weighted by molar-refractivity contribution is 6.84. The summed E-state index contributed by atoms with van der Waals surface area (Å²) in [5.74, 6) is 1.02. The van der Waals surface area contributed by atoms with Gasteiger partial charge in [0, 0.05) is 12.8 Å². The second-order valence-electron chi connectivity index (χ2n) is 5.18. The van der Waals surface area contributed by atoms with Gasteiger partial charge in [-0.2, -0.15) is 0 Å². The number of carbonyl (C=O) groups excluding carboxylic acids is 1. The second-order valence-corrected chi connectivity index (χ2v) is 10.4. The van der Waals surface area contributed by atoms with Crippen LogP contribution in [0.2, 0.25) is 18.1 Å². The Balaban J connectivity index is 2.59. The van der Waals surface area contributed by atoms with Crippen molar-refractivity contribution in [2.75, 3.05) is 0 Å². The standard InChI is InChI=1S/C14H26OSi/c1-4-16(5-2,6-3)11-10-13-8-7-9-14(15)12-13/h10-11,13H,4-9,12H2,1-3H3/b11-10+/t13-/m0/s1. The van der Waals surface area contributed by atoms with Crippen molar-refractivity contribution in [1.82, 2.24) is 0 Å². The Kier molecular flexibility index (Phi) is 5.46. The minimum absolute atomic E-state index is 0.470. The summed E-state index contributed by atoms with van der Waals surface area (Å²) in [5, 5.41) is 0. The summed E-state index contributed by atoms with van der Waals surface area (Å²) in [6.07, 6.45) is 6.34. The van der Waals surface area contributed by atoms with Crippen molar-refractivity contribution < 1.29 is 4.79 Å². The molecule has 1 aliphatic rings. The molecule has 0 amide bonds. The Bertz CT molecular complexity index is 245. The molecule has 0 aromatic rings. The van der Waals surface area contributed by atoms with Crippen LogP contribution in [0.4, 0.5) is 0 Å². The van der Waals surface area contributed by atoms with E-state index in [0.29, 0.717) is 11.7 Å². The van der Waals surface area contributed by atoms with E-state index in [1.807, 2.05) is 0 Å². The van der Waals surface area contributed by atoms with Crippen LogP contribution in [0.5, 0.6) is 0 Å². The van der Waals surface area contributed by atoms with E-state index in [9.17, 15) is 4.79 Å². The van der Waals surface area contributed by atoms with Crippen LogP contribution in [0.1, 0.15) is 46.5 Å². The fraction of sp³-hybridized carbons (Fsp3) is 0.786. The molecule has 1 atom stereocenters. The normalized spacial score (nSPS) is 22.9. The minimum Gasteiger partial charge on any atom is -0.300 e. The maximum atomic E-state index is 11.4. The van der Waals surface area contributed by atoms with Gasteiger partial charge in [0.2, 0.25) is 0 Å². The lowest BCUT2D eigenvalue weighted by molar-refractivity contribution is -0.121. The second kappa shape index (κ2) is 6.38. The maximum Gasteiger partial charge on any atom is 0.133 e. The lowest BCUT2D eigenvalue weighted by Crippen LogP contribution is -2.29. The van der Waals surface area contributed by atoms with Crippen LogP contribution in [-0.2, 0) is 4.79 Å². The minimum atomic E-state index is -1.12. The molecular formula is C14H26OSi. The first kappa shape index (κ1) is 13.7. The van der Waals surface area contributed by atoms with Crippen LogP contribution >= 0.6 is 0 Å². The summed E-state index contributed by atoms with van der Waals surface area (Å²) in [6.45, 7) is 6.99. The molecule has 16 heavy (non-hydrogen) atoms. The number of allylic oxidation sites excluding steroid dienone is 1. The molecule has 0 radical (unpaired) electrons. The van der Waals surface area contributed by atoms with Gasteiger partial charge in [-0.3, -0.25) is 4.79 Å². The smallest absolute Gasteiger partial charge is 0.133 e. The third kappa shape index (κ3) is 3.58. The Labute approximate surface area is 101 Å². The quantitative estimate of drug-likeness (QED) is 0.651. The van der Waals surface area contributed by atoms with Crippen LogP contribution in [0.15, 0.2) is 11.8 Å². The topological polar surface area (TPSA) is 17.1 Å². The number of carbonyl (C=O) groups is 1. The van der Waals surface area contributed by atoms with Gasteiger partial charge in [-0.05, 0) is 18.8 Å².